The lowest BCUT2D eigenvalue weighted by atomic mass is 10.1. The summed E-state index contributed by atoms with van der Waals surface area (Å²) in [4.78, 5) is 9.63. The summed E-state index contributed by atoms with van der Waals surface area (Å²) in [6, 6.07) is 22.7. The van der Waals surface area contributed by atoms with Gasteiger partial charge in [0.25, 0.3) is 0 Å². The Morgan fingerprint density at radius 1 is 0.815 bits per heavy atom. The van der Waals surface area contributed by atoms with Gasteiger partial charge >= 0.3 is 11.6 Å². The van der Waals surface area contributed by atoms with Crippen LogP contribution in [0.1, 0.15) is 5.56 Å². The molecule has 4 rings (SSSR count). The molecule has 2 aromatic carbocycles. The highest BCUT2D eigenvalue weighted by atomic mass is 15.1. The molecule has 0 bridgehead atoms. The number of nitrogens with zero attached hydrogens (tertiary/aromatic N) is 4. The SMILES string of the molecule is Cc1ccccc1-c1nc(-c2ccccc2)cc(-c2nccc[n+]2C)[n+]1C. The summed E-state index contributed by atoms with van der Waals surface area (Å²) in [6.07, 6.45) is 3.84. The Kier molecular flexibility index (Phi) is 4.47. The second kappa shape index (κ2) is 7.08. The van der Waals surface area contributed by atoms with Gasteiger partial charge in [0.1, 0.15) is 6.20 Å². The Bertz CT molecular complexity index is 1040. The molecule has 0 N–H and O–H groups in total. The molecule has 4 aromatic rings. The summed E-state index contributed by atoms with van der Waals surface area (Å²) in [5.74, 6) is 1.82. The second-order valence-electron chi connectivity index (χ2n) is 6.64. The molecule has 2 heterocycles. The van der Waals surface area contributed by atoms with E-state index in [9.17, 15) is 0 Å². The predicted molar refractivity (Wildman–Crippen MR) is 105 cm³/mol. The third-order valence-electron chi connectivity index (χ3n) is 4.79. The zero-order valence-corrected chi connectivity index (χ0v) is 15.8. The molecule has 0 aliphatic carbocycles. The van der Waals surface area contributed by atoms with Gasteiger partial charge in [0.05, 0.1) is 25.9 Å². The molecular weight excluding hydrogens is 332 g/mol. The molecule has 4 heteroatoms. The fraction of sp³-hybridized carbons (Fsp3) is 0.130. The number of aryl methyl sites for hydroxylation is 2. The van der Waals surface area contributed by atoms with Gasteiger partial charge in [-0.05, 0) is 28.5 Å². The van der Waals surface area contributed by atoms with Gasteiger partial charge in [-0.25, -0.2) is 9.13 Å². The normalized spacial score (nSPS) is 10.8. The highest BCUT2D eigenvalue weighted by Gasteiger charge is 2.27. The first-order chi connectivity index (χ1) is 13.1. The highest BCUT2D eigenvalue weighted by Crippen LogP contribution is 2.25. The van der Waals surface area contributed by atoms with Gasteiger partial charge in [-0.15, -0.1) is 0 Å². The first-order valence-electron chi connectivity index (χ1n) is 8.98. The molecule has 4 nitrogen and oxygen atoms in total. The zero-order chi connectivity index (χ0) is 18.8. The van der Waals surface area contributed by atoms with Crippen molar-refractivity contribution in [3.8, 4) is 34.2 Å². The Morgan fingerprint density at radius 3 is 2.30 bits per heavy atom. The van der Waals surface area contributed by atoms with Crippen molar-refractivity contribution in [2.45, 2.75) is 6.92 Å². The number of hydrogen-bond acceptors (Lipinski definition) is 2. The first kappa shape index (κ1) is 17.0. The molecule has 0 spiro atoms. The van der Waals surface area contributed by atoms with Crippen molar-refractivity contribution >= 4 is 0 Å². The lowest BCUT2D eigenvalue weighted by Gasteiger charge is -2.08. The molecule has 0 radical (unpaired) electrons. The molecular formula is C23H22N4+2. The van der Waals surface area contributed by atoms with Crippen LogP contribution in [0.2, 0.25) is 0 Å². The fourth-order valence-corrected chi connectivity index (χ4v) is 3.29. The molecule has 0 aliphatic heterocycles. The maximum absolute atomic E-state index is 5.02. The summed E-state index contributed by atoms with van der Waals surface area (Å²) in [5.41, 5.74) is 5.37. The Labute approximate surface area is 159 Å². The Balaban J connectivity index is 2.03. The average molecular weight is 354 g/mol. The van der Waals surface area contributed by atoms with E-state index in [0.717, 1.165) is 34.2 Å². The summed E-state index contributed by atoms with van der Waals surface area (Å²) in [7, 11) is 4.06. The maximum Gasteiger partial charge on any atom is 0.370 e. The van der Waals surface area contributed by atoms with Crippen LogP contribution in [-0.4, -0.2) is 9.97 Å². The maximum atomic E-state index is 5.02. The number of benzene rings is 2. The van der Waals surface area contributed by atoms with Crippen LogP contribution in [0.5, 0.6) is 0 Å². The quantitative estimate of drug-likeness (QED) is 0.528. The van der Waals surface area contributed by atoms with Crippen LogP contribution in [0.25, 0.3) is 34.2 Å². The van der Waals surface area contributed by atoms with Gasteiger partial charge in [0.15, 0.2) is 5.69 Å². The number of aromatic nitrogens is 4. The second-order valence-corrected chi connectivity index (χ2v) is 6.64. The van der Waals surface area contributed by atoms with E-state index in [0.29, 0.717) is 0 Å². The summed E-state index contributed by atoms with van der Waals surface area (Å²) < 4.78 is 4.16. The van der Waals surface area contributed by atoms with Gasteiger partial charge in [0, 0.05) is 17.7 Å². The molecule has 0 saturated heterocycles. The monoisotopic (exact) mass is 354 g/mol. The van der Waals surface area contributed by atoms with Crippen molar-refractivity contribution in [2.24, 2.45) is 14.1 Å². The van der Waals surface area contributed by atoms with E-state index in [4.69, 9.17) is 4.98 Å². The number of hydrogen-bond donors (Lipinski definition) is 0. The van der Waals surface area contributed by atoms with Crippen molar-refractivity contribution in [2.75, 3.05) is 0 Å². The van der Waals surface area contributed by atoms with Crippen molar-refractivity contribution < 1.29 is 9.13 Å². The third-order valence-corrected chi connectivity index (χ3v) is 4.79. The van der Waals surface area contributed by atoms with Gasteiger partial charge in [0.2, 0.25) is 5.69 Å². The van der Waals surface area contributed by atoms with Gasteiger partial charge in [-0.3, -0.25) is 0 Å². The molecule has 27 heavy (non-hydrogen) atoms. The van der Waals surface area contributed by atoms with E-state index in [1.807, 2.05) is 55.3 Å². The predicted octanol–water partition coefficient (Wildman–Crippen LogP) is 3.44. The van der Waals surface area contributed by atoms with E-state index in [1.165, 1.54) is 5.56 Å². The van der Waals surface area contributed by atoms with Crippen LogP contribution >= 0.6 is 0 Å². The molecule has 0 atom stereocenters. The van der Waals surface area contributed by atoms with E-state index >= 15 is 0 Å². The van der Waals surface area contributed by atoms with Crippen molar-refractivity contribution in [3.63, 3.8) is 0 Å². The van der Waals surface area contributed by atoms with Crippen LogP contribution < -0.4 is 9.13 Å². The highest BCUT2D eigenvalue weighted by molar-refractivity contribution is 5.67. The van der Waals surface area contributed by atoms with Gasteiger partial charge in [-0.2, -0.15) is 0 Å². The van der Waals surface area contributed by atoms with Gasteiger partial charge < -0.3 is 0 Å². The van der Waals surface area contributed by atoms with Crippen LogP contribution in [-0.2, 0) is 14.1 Å². The smallest absolute Gasteiger partial charge is 0.230 e. The minimum absolute atomic E-state index is 0.898. The molecule has 0 aliphatic rings. The van der Waals surface area contributed by atoms with Crippen LogP contribution in [0, 0.1) is 6.92 Å². The third kappa shape index (κ3) is 3.22. The van der Waals surface area contributed by atoms with E-state index in [2.05, 4.69) is 58.9 Å². The van der Waals surface area contributed by atoms with Crippen LogP contribution in [0.4, 0.5) is 0 Å². The molecule has 0 amide bonds. The molecule has 0 fully saturated rings. The summed E-state index contributed by atoms with van der Waals surface area (Å²) in [5, 5.41) is 0. The van der Waals surface area contributed by atoms with Crippen molar-refractivity contribution in [3.05, 3.63) is 84.7 Å². The first-order valence-corrected chi connectivity index (χ1v) is 8.98. The van der Waals surface area contributed by atoms with E-state index in [1.54, 1.807) is 0 Å². The Morgan fingerprint density at radius 2 is 1.56 bits per heavy atom. The van der Waals surface area contributed by atoms with Crippen molar-refractivity contribution in [1.82, 2.24) is 9.97 Å². The lowest BCUT2D eigenvalue weighted by Crippen LogP contribution is -2.41. The minimum Gasteiger partial charge on any atom is -0.230 e. The van der Waals surface area contributed by atoms with Crippen LogP contribution in [0.15, 0.2) is 79.1 Å². The Hall–Kier alpha value is -3.40. The summed E-state index contributed by atoms with van der Waals surface area (Å²) >= 11 is 0. The van der Waals surface area contributed by atoms with Gasteiger partial charge in [-0.1, -0.05) is 48.5 Å². The molecule has 0 unspecified atom stereocenters. The molecule has 2 aromatic heterocycles. The van der Waals surface area contributed by atoms with Crippen LogP contribution in [0.3, 0.4) is 0 Å². The molecule has 132 valence electrons. The standard InChI is InChI=1S/C23H22N4/c1-17-10-7-8-13-19(17)22-25-20(18-11-5-4-6-12-18)16-21(27(22)3)23-24-14-9-15-26(23)2/h4-16H,1-3H3/q+2. The fourth-order valence-electron chi connectivity index (χ4n) is 3.29. The van der Waals surface area contributed by atoms with E-state index < -0.39 is 0 Å². The largest absolute Gasteiger partial charge is 0.370 e. The topological polar surface area (TPSA) is 33.5 Å². The average Bonchev–Trinajstić information content (AvgIpc) is 2.70. The number of rotatable bonds is 3. The van der Waals surface area contributed by atoms with E-state index in [-0.39, 0.29) is 0 Å². The minimum atomic E-state index is 0.898. The van der Waals surface area contributed by atoms with Crippen molar-refractivity contribution in [1.29, 1.82) is 0 Å². The zero-order valence-electron chi connectivity index (χ0n) is 15.8. The molecule has 0 saturated carbocycles. The lowest BCUT2D eigenvalue weighted by molar-refractivity contribution is -0.688. The summed E-state index contributed by atoms with van der Waals surface area (Å²) in [6.45, 7) is 2.12.